The van der Waals surface area contributed by atoms with Gasteiger partial charge in [0.15, 0.2) is 0 Å². The number of carbonyl (C=O) groups is 3. The van der Waals surface area contributed by atoms with Crippen molar-refractivity contribution >= 4 is 29.4 Å². The third-order valence-corrected chi connectivity index (χ3v) is 6.98. The van der Waals surface area contributed by atoms with E-state index in [9.17, 15) is 14.4 Å². The van der Waals surface area contributed by atoms with Gasteiger partial charge in [-0.15, -0.1) is 11.8 Å². The number of carbonyl (C=O) groups excluding carboxylic acids is 3. The SMILES string of the molecule is CCCCCCCCCCCCCCC(=O)CCN1C(=O)CC(SC(C)(C)C)C1=O. The van der Waals surface area contributed by atoms with E-state index in [-0.39, 0.29) is 40.6 Å². The van der Waals surface area contributed by atoms with E-state index in [4.69, 9.17) is 0 Å². The minimum Gasteiger partial charge on any atom is -0.300 e. The highest BCUT2D eigenvalue weighted by Gasteiger charge is 2.40. The molecule has 0 bridgehead atoms. The van der Waals surface area contributed by atoms with Gasteiger partial charge >= 0.3 is 0 Å². The Labute approximate surface area is 189 Å². The van der Waals surface area contributed by atoms with Crippen LogP contribution in [0.4, 0.5) is 0 Å². The number of likely N-dealkylation sites (tertiary alicyclic amines) is 1. The van der Waals surface area contributed by atoms with Gasteiger partial charge in [-0.05, 0) is 6.42 Å². The number of hydrogen-bond acceptors (Lipinski definition) is 4. The third-order valence-electron chi connectivity index (χ3n) is 5.62. The van der Waals surface area contributed by atoms with Crippen molar-refractivity contribution in [2.75, 3.05) is 6.54 Å². The average molecular weight is 440 g/mol. The molecule has 1 rings (SSSR count). The van der Waals surface area contributed by atoms with Crippen LogP contribution in [0.5, 0.6) is 0 Å². The second kappa shape index (κ2) is 15.0. The molecule has 30 heavy (non-hydrogen) atoms. The molecule has 0 spiro atoms. The number of nitrogens with zero attached hydrogens (tertiary/aromatic N) is 1. The van der Waals surface area contributed by atoms with E-state index in [1.54, 1.807) is 11.8 Å². The molecule has 1 unspecified atom stereocenters. The van der Waals surface area contributed by atoms with E-state index in [0.29, 0.717) is 12.8 Å². The Morgan fingerprint density at radius 3 is 1.87 bits per heavy atom. The summed E-state index contributed by atoms with van der Waals surface area (Å²) in [4.78, 5) is 38.1. The van der Waals surface area contributed by atoms with Crippen LogP contribution in [0.15, 0.2) is 0 Å². The van der Waals surface area contributed by atoms with Crippen LogP contribution < -0.4 is 0 Å². The summed E-state index contributed by atoms with van der Waals surface area (Å²) in [5.74, 6) is -0.0624. The normalized spacial score (nSPS) is 17.2. The Balaban J connectivity index is 2.03. The van der Waals surface area contributed by atoms with E-state index >= 15 is 0 Å². The minimum atomic E-state index is -0.288. The lowest BCUT2D eigenvalue weighted by Gasteiger charge is -2.21. The maximum atomic E-state index is 12.5. The number of ketones is 1. The first-order valence-electron chi connectivity index (χ1n) is 12.3. The highest BCUT2D eigenvalue weighted by molar-refractivity contribution is 8.01. The summed E-state index contributed by atoms with van der Waals surface area (Å²) in [6.45, 7) is 8.67. The number of Topliss-reactive ketones (excluding diaryl/α,β-unsaturated/α-hetero) is 1. The second-order valence-corrected chi connectivity index (χ2v) is 11.8. The van der Waals surface area contributed by atoms with Gasteiger partial charge in [-0.3, -0.25) is 19.3 Å². The molecular formula is C25H45NO3S. The molecule has 1 atom stereocenters. The highest BCUT2D eigenvalue weighted by Crippen LogP contribution is 2.34. The van der Waals surface area contributed by atoms with Crippen LogP contribution in [-0.2, 0) is 14.4 Å². The summed E-state index contributed by atoms with van der Waals surface area (Å²) in [6, 6.07) is 0. The van der Waals surface area contributed by atoms with Crippen molar-refractivity contribution in [2.45, 2.75) is 134 Å². The van der Waals surface area contributed by atoms with Gasteiger partial charge in [0.25, 0.3) is 0 Å². The fourth-order valence-corrected chi connectivity index (χ4v) is 5.24. The lowest BCUT2D eigenvalue weighted by Crippen LogP contribution is -2.34. The second-order valence-electron chi connectivity index (χ2n) is 9.73. The number of amides is 2. The Bertz CT molecular complexity index is 527. The molecule has 0 radical (unpaired) electrons. The number of hydrogen-bond donors (Lipinski definition) is 0. The van der Waals surface area contributed by atoms with Crippen LogP contribution >= 0.6 is 11.8 Å². The van der Waals surface area contributed by atoms with Crippen LogP contribution in [0.25, 0.3) is 0 Å². The van der Waals surface area contributed by atoms with Crippen molar-refractivity contribution < 1.29 is 14.4 Å². The Morgan fingerprint density at radius 2 is 1.37 bits per heavy atom. The fraction of sp³-hybridized carbons (Fsp3) is 0.880. The van der Waals surface area contributed by atoms with Crippen molar-refractivity contribution in [1.82, 2.24) is 4.90 Å². The van der Waals surface area contributed by atoms with Crippen LogP contribution in [0.1, 0.15) is 124 Å². The molecule has 0 aromatic rings. The average Bonchev–Trinajstić information content (AvgIpc) is 2.92. The zero-order valence-electron chi connectivity index (χ0n) is 20.0. The minimum absolute atomic E-state index is 0.0545. The summed E-state index contributed by atoms with van der Waals surface area (Å²) in [7, 11) is 0. The zero-order chi connectivity index (χ0) is 22.4. The van der Waals surface area contributed by atoms with Crippen molar-refractivity contribution in [3.8, 4) is 0 Å². The first-order valence-corrected chi connectivity index (χ1v) is 13.2. The molecule has 1 fully saturated rings. The largest absolute Gasteiger partial charge is 0.300 e. The predicted octanol–water partition coefficient (Wildman–Crippen LogP) is 6.70. The van der Waals surface area contributed by atoms with Crippen molar-refractivity contribution in [1.29, 1.82) is 0 Å². The van der Waals surface area contributed by atoms with Gasteiger partial charge < -0.3 is 0 Å². The zero-order valence-corrected chi connectivity index (χ0v) is 20.8. The fourth-order valence-electron chi connectivity index (χ4n) is 3.93. The lowest BCUT2D eigenvalue weighted by atomic mass is 10.0. The Morgan fingerprint density at radius 1 is 0.867 bits per heavy atom. The van der Waals surface area contributed by atoms with Gasteiger partial charge in [0.2, 0.25) is 11.8 Å². The summed E-state index contributed by atoms with van der Waals surface area (Å²) in [6.07, 6.45) is 16.5. The first kappa shape index (κ1) is 27.2. The van der Waals surface area contributed by atoms with Crippen LogP contribution in [0.3, 0.4) is 0 Å². The van der Waals surface area contributed by atoms with Crippen molar-refractivity contribution in [2.24, 2.45) is 0 Å². The predicted molar refractivity (Wildman–Crippen MR) is 128 cm³/mol. The summed E-state index contributed by atoms with van der Waals surface area (Å²) in [5.41, 5.74) is 0. The molecule has 1 aliphatic rings. The molecule has 0 N–H and O–H groups in total. The molecule has 0 saturated carbocycles. The smallest absolute Gasteiger partial charge is 0.242 e. The third kappa shape index (κ3) is 12.1. The Kier molecular flexibility index (Phi) is 13.6. The number of imide groups is 1. The summed E-state index contributed by atoms with van der Waals surface area (Å²) >= 11 is 1.55. The van der Waals surface area contributed by atoms with Crippen LogP contribution in [0, 0.1) is 0 Å². The van der Waals surface area contributed by atoms with Gasteiger partial charge in [0.05, 0.1) is 5.25 Å². The number of thioether (sulfide) groups is 1. The van der Waals surface area contributed by atoms with E-state index in [2.05, 4.69) is 27.7 Å². The van der Waals surface area contributed by atoms with Crippen molar-refractivity contribution in [3.05, 3.63) is 0 Å². The molecule has 1 aliphatic heterocycles. The van der Waals surface area contributed by atoms with Gasteiger partial charge in [-0.1, -0.05) is 98.3 Å². The van der Waals surface area contributed by atoms with E-state index in [1.807, 2.05) is 0 Å². The molecule has 5 heteroatoms. The molecule has 1 saturated heterocycles. The molecular weight excluding hydrogens is 394 g/mol. The molecule has 0 aromatic heterocycles. The number of unbranched alkanes of at least 4 members (excludes halogenated alkanes) is 11. The number of rotatable bonds is 17. The maximum absolute atomic E-state index is 12.5. The summed E-state index contributed by atoms with van der Waals surface area (Å²) < 4.78 is -0.0545. The molecule has 0 aliphatic carbocycles. The van der Waals surface area contributed by atoms with Gasteiger partial charge in [-0.25, -0.2) is 0 Å². The lowest BCUT2D eigenvalue weighted by molar-refractivity contribution is -0.138. The van der Waals surface area contributed by atoms with Gasteiger partial charge in [0, 0.05) is 30.6 Å². The van der Waals surface area contributed by atoms with Gasteiger partial charge in [-0.2, -0.15) is 0 Å². The maximum Gasteiger partial charge on any atom is 0.242 e. The monoisotopic (exact) mass is 439 g/mol. The van der Waals surface area contributed by atoms with E-state index in [1.165, 1.54) is 69.1 Å². The molecule has 4 nitrogen and oxygen atoms in total. The van der Waals surface area contributed by atoms with Crippen molar-refractivity contribution in [3.63, 3.8) is 0 Å². The topological polar surface area (TPSA) is 54.5 Å². The highest BCUT2D eigenvalue weighted by atomic mass is 32.2. The summed E-state index contributed by atoms with van der Waals surface area (Å²) in [5, 5.41) is -0.288. The Hall–Kier alpha value is -0.840. The molecule has 174 valence electrons. The quantitative estimate of drug-likeness (QED) is 0.187. The molecule has 1 heterocycles. The van der Waals surface area contributed by atoms with Crippen LogP contribution in [0.2, 0.25) is 0 Å². The van der Waals surface area contributed by atoms with Crippen LogP contribution in [-0.4, -0.2) is 39.0 Å². The van der Waals surface area contributed by atoms with Gasteiger partial charge in [0.1, 0.15) is 5.78 Å². The van der Waals surface area contributed by atoms with E-state index in [0.717, 1.165) is 12.8 Å². The molecule has 0 aromatic carbocycles. The molecule has 2 amide bonds. The van der Waals surface area contributed by atoms with E-state index < -0.39 is 0 Å². The standard InChI is InChI=1S/C25H45NO3S/c1-5-6-7-8-9-10-11-12-13-14-15-16-17-21(27)18-19-26-23(28)20-22(24(26)29)30-25(2,3)4/h22H,5-20H2,1-4H3. The first-order chi connectivity index (χ1) is 14.2.